The van der Waals surface area contributed by atoms with Crippen molar-refractivity contribution in [2.24, 2.45) is 0 Å². The quantitative estimate of drug-likeness (QED) is 0.499. The maximum atomic E-state index is 8.78. The zero-order valence-electron chi connectivity index (χ0n) is 5.63. The number of epoxide rings is 1. The molecule has 0 aromatic rings. The molecule has 0 spiro atoms. The summed E-state index contributed by atoms with van der Waals surface area (Å²) in [5.41, 5.74) is 0. The second-order valence-electron chi connectivity index (χ2n) is 2.46. The van der Waals surface area contributed by atoms with Crippen LogP contribution in [-0.2, 0) is 4.74 Å². The summed E-state index contributed by atoms with van der Waals surface area (Å²) < 4.78 is 4.95. The number of nitrogens with one attached hydrogen (secondary N) is 1. The molecule has 1 heterocycles. The Kier molecular flexibility index (Phi) is 2.45. The summed E-state index contributed by atoms with van der Waals surface area (Å²) >= 11 is 0. The number of aliphatic hydroxyl groups excluding tert-OH is 1. The van der Waals surface area contributed by atoms with Crippen molar-refractivity contribution in [3.63, 3.8) is 0 Å². The summed E-state index contributed by atoms with van der Waals surface area (Å²) in [7, 11) is 0. The summed E-state index contributed by atoms with van der Waals surface area (Å²) in [5.74, 6) is 0. The molecule has 1 aliphatic heterocycles. The minimum absolute atomic E-state index is 0.247. The minimum Gasteiger partial charge on any atom is -0.392 e. The van der Waals surface area contributed by atoms with Crippen LogP contribution in [0.3, 0.4) is 0 Å². The van der Waals surface area contributed by atoms with Gasteiger partial charge in [-0.25, -0.2) is 0 Å². The third-order valence-electron chi connectivity index (χ3n) is 1.21. The normalized spacial score (nSPS) is 28.0. The van der Waals surface area contributed by atoms with E-state index < -0.39 is 0 Å². The Hall–Kier alpha value is -0.120. The molecule has 1 rings (SSSR count). The Morgan fingerprint density at radius 1 is 1.89 bits per heavy atom. The van der Waals surface area contributed by atoms with Gasteiger partial charge in [-0.3, -0.25) is 0 Å². The number of rotatable bonds is 4. The second kappa shape index (κ2) is 3.15. The van der Waals surface area contributed by atoms with Crippen molar-refractivity contribution in [1.29, 1.82) is 0 Å². The summed E-state index contributed by atoms with van der Waals surface area (Å²) in [6, 6.07) is 0. The van der Waals surface area contributed by atoms with Crippen LogP contribution in [0.1, 0.15) is 6.92 Å². The zero-order valence-corrected chi connectivity index (χ0v) is 5.63. The van der Waals surface area contributed by atoms with Crippen molar-refractivity contribution in [3.05, 3.63) is 0 Å². The molecule has 0 aromatic carbocycles. The summed E-state index contributed by atoms with van der Waals surface area (Å²) in [5, 5.41) is 11.9. The molecule has 2 N–H and O–H groups in total. The minimum atomic E-state index is -0.247. The van der Waals surface area contributed by atoms with Gasteiger partial charge in [0.2, 0.25) is 0 Å². The van der Waals surface area contributed by atoms with E-state index >= 15 is 0 Å². The molecule has 1 aliphatic rings. The molecule has 0 amide bonds. The highest BCUT2D eigenvalue weighted by atomic mass is 16.6. The zero-order chi connectivity index (χ0) is 6.69. The van der Waals surface area contributed by atoms with Crippen molar-refractivity contribution in [2.45, 2.75) is 19.1 Å². The maximum Gasteiger partial charge on any atom is 0.0933 e. The fourth-order valence-electron chi connectivity index (χ4n) is 0.639. The van der Waals surface area contributed by atoms with E-state index in [1.54, 1.807) is 6.92 Å². The predicted molar refractivity (Wildman–Crippen MR) is 34.3 cm³/mol. The van der Waals surface area contributed by atoms with Crippen LogP contribution >= 0.6 is 0 Å². The molecule has 1 saturated heterocycles. The van der Waals surface area contributed by atoms with Gasteiger partial charge < -0.3 is 15.2 Å². The first-order valence-corrected chi connectivity index (χ1v) is 3.29. The van der Waals surface area contributed by atoms with Crippen LogP contribution in [0.5, 0.6) is 0 Å². The molecule has 54 valence electrons. The molecule has 1 fully saturated rings. The Morgan fingerprint density at radius 2 is 2.56 bits per heavy atom. The van der Waals surface area contributed by atoms with Gasteiger partial charge in [0, 0.05) is 13.1 Å². The Labute approximate surface area is 55.0 Å². The van der Waals surface area contributed by atoms with Gasteiger partial charge in [0.15, 0.2) is 0 Å². The molecule has 2 atom stereocenters. The molecule has 3 heteroatoms. The van der Waals surface area contributed by atoms with Crippen LogP contribution in [0.2, 0.25) is 0 Å². The Morgan fingerprint density at radius 3 is 3.00 bits per heavy atom. The molecular weight excluding hydrogens is 118 g/mol. The predicted octanol–water partition coefficient (Wildman–Crippen LogP) is -0.644. The van der Waals surface area contributed by atoms with Gasteiger partial charge in [-0.05, 0) is 6.92 Å². The van der Waals surface area contributed by atoms with Gasteiger partial charge in [0.05, 0.1) is 18.8 Å². The van der Waals surface area contributed by atoms with Crippen molar-refractivity contribution in [1.82, 2.24) is 5.32 Å². The van der Waals surface area contributed by atoms with E-state index in [1.807, 2.05) is 0 Å². The van der Waals surface area contributed by atoms with Gasteiger partial charge >= 0.3 is 0 Å². The standard InChI is InChI=1S/C6H13NO2/c1-5(8)2-7-3-6-4-9-6/h5-8H,2-4H2,1H3. The van der Waals surface area contributed by atoms with Crippen LogP contribution in [-0.4, -0.2) is 37.0 Å². The summed E-state index contributed by atoms with van der Waals surface area (Å²) in [6.45, 7) is 4.19. The lowest BCUT2D eigenvalue weighted by atomic mass is 10.4. The van der Waals surface area contributed by atoms with Crippen molar-refractivity contribution in [2.75, 3.05) is 19.7 Å². The average Bonchev–Trinajstić information content (AvgIpc) is 2.48. The van der Waals surface area contributed by atoms with Gasteiger partial charge in [0.25, 0.3) is 0 Å². The smallest absolute Gasteiger partial charge is 0.0933 e. The average molecular weight is 131 g/mol. The van der Waals surface area contributed by atoms with Gasteiger partial charge in [-0.2, -0.15) is 0 Å². The molecule has 0 aromatic heterocycles. The highest BCUT2D eigenvalue weighted by Crippen LogP contribution is 2.05. The number of aliphatic hydroxyl groups is 1. The van der Waals surface area contributed by atoms with Crippen LogP contribution in [0, 0.1) is 0 Å². The van der Waals surface area contributed by atoms with E-state index in [9.17, 15) is 0 Å². The van der Waals surface area contributed by atoms with E-state index in [0.29, 0.717) is 12.6 Å². The van der Waals surface area contributed by atoms with Crippen molar-refractivity contribution >= 4 is 0 Å². The Bertz CT molecular complexity index is 79.1. The molecule has 0 radical (unpaired) electrons. The van der Waals surface area contributed by atoms with Crippen LogP contribution in [0.4, 0.5) is 0 Å². The lowest BCUT2D eigenvalue weighted by Crippen LogP contribution is -2.27. The van der Waals surface area contributed by atoms with Gasteiger partial charge in [0.1, 0.15) is 0 Å². The topological polar surface area (TPSA) is 44.8 Å². The monoisotopic (exact) mass is 131 g/mol. The molecular formula is C6H13NO2. The SMILES string of the molecule is CC(O)CNCC1CO1. The van der Waals surface area contributed by atoms with E-state index in [-0.39, 0.29) is 6.10 Å². The fourth-order valence-corrected chi connectivity index (χ4v) is 0.639. The van der Waals surface area contributed by atoms with Gasteiger partial charge in [-0.1, -0.05) is 0 Å². The summed E-state index contributed by atoms with van der Waals surface area (Å²) in [4.78, 5) is 0. The van der Waals surface area contributed by atoms with E-state index in [0.717, 1.165) is 13.2 Å². The number of ether oxygens (including phenoxy) is 1. The largest absolute Gasteiger partial charge is 0.392 e. The first-order valence-electron chi connectivity index (χ1n) is 3.29. The van der Waals surface area contributed by atoms with E-state index in [4.69, 9.17) is 9.84 Å². The molecule has 0 aliphatic carbocycles. The lowest BCUT2D eigenvalue weighted by molar-refractivity contribution is 0.190. The fraction of sp³-hybridized carbons (Fsp3) is 1.00. The second-order valence-corrected chi connectivity index (χ2v) is 2.46. The van der Waals surface area contributed by atoms with Crippen LogP contribution in [0.25, 0.3) is 0 Å². The first kappa shape index (κ1) is 6.99. The maximum absolute atomic E-state index is 8.78. The highest BCUT2D eigenvalue weighted by Gasteiger charge is 2.21. The van der Waals surface area contributed by atoms with Crippen molar-refractivity contribution in [3.8, 4) is 0 Å². The molecule has 3 nitrogen and oxygen atoms in total. The van der Waals surface area contributed by atoms with Crippen LogP contribution in [0.15, 0.2) is 0 Å². The van der Waals surface area contributed by atoms with Gasteiger partial charge in [-0.15, -0.1) is 0 Å². The lowest BCUT2D eigenvalue weighted by Gasteiger charge is -2.03. The van der Waals surface area contributed by atoms with E-state index in [2.05, 4.69) is 5.32 Å². The van der Waals surface area contributed by atoms with E-state index in [1.165, 1.54) is 0 Å². The third-order valence-corrected chi connectivity index (χ3v) is 1.21. The van der Waals surface area contributed by atoms with Crippen LogP contribution < -0.4 is 5.32 Å². The number of hydrogen-bond donors (Lipinski definition) is 2. The molecule has 0 saturated carbocycles. The molecule has 9 heavy (non-hydrogen) atoms. The molecule has 2 unspecified atom stereocenters. The third kappa shape index (κ3) is 3.46. The first-order chi connectivity index (χ1) is 4.29. The number of hydrogen-bond acceptors (Lipinski definition) is 3. The summed E-state index contributed by atoms with van der Waals surface area (Å²) in [6.07, 6.45) is 0.174. The Balaban J connectivity index is 1.81. The highest BCUT2D eigenvalue weighted by molar-refractivity contribution is 4.71. The van der Waals surface area contributed by atoms with Crippen molar-refractivity contribution < 1.29 is 9.84 Å². The molecule has 0 bridgehead atoms.